The van der Waals surface area contributed by atoms with Gasteiger partial charge in [0.15, 0.2) is 5.11 Å². The highest BCUT2D eigenvalue weighted by Crippen LogP contribution is 2.19. The molecule has 1 aromatic heterocycles. The summed E-state index contributed by atoms with van der Waals surface area (Å²) in [5, 5.41) is 8.59. The van der Waals surface area contributed by atoms with E-state index in [1.54, 1.807) is 24.5 Å². The van der Waals surface area contributed by atoms with E-state index >= 15 is 0 Å². The van der Waals surface area contributed by atoms with Gasteiger partial charge in [-0.2, -0.15) is 0 Å². The number of hydrogen-bond acceptors (Lipinski definition) is 4. The van der Waals surface area contributed by atoms with E-state index in [9.17, 15) is 9.18 Å². The Morgan fingerprint density at radius 3 is 2.59 bits per heavy atom. The first-order chi connectivity index (χ1) is 15.2. The summed E-state index contributed by atoms with van der Waals surface area (Å²) < 4.78 is 18.6. The number of ether oxygens (including phenoxy) is 1. The Morgan fingerprint density at radius 2 is 1.88 bits per heavy atom. The first-order valence-corrected chi connectivity index (χ1v) is 10.7. The molecule has 32 heavy (non-hydrogen) atoms. The van der Waals surface area contributed by atoms with Crippen LogP contribution in [0.15, 0.2) is 60.9 Å². The van der Waals surface area contributed by atoms with Crippen molar-refractivity contribution in [3.05, 3.63) is 72.3 Å². The second kappa shape index (κ2) is 10.4. The molecule has 1 heterocycles. The lowest BCUT2D eigenvalue weighted by Crippen LogP contribution is -2.41. The zero-order valence-corrected chi connectivity index (χ0v) is 19.2. The number of carbonyl (C=O) groups excluding carboxylic acids is 1. The van der Waals surface area contributed by atoms with E-state index in [2.05, 4.69) is 15.6 Å². The van der Waals surface area contributed by atoms with Gasteiger partial charge in [0, 0.05) is 43.1 Å². The van der Waals surface area contributed by atoms with Gasteiger partial charge in [-0.25, -0.2) is 9.18 Å². The molecule has 8 heteroatoms. The molecule has 0 atom stereocenters. The fraction of sp³-hybridized carbons (Fsp3) is 0.292. The third-order valence-electron chi connectivity index (χ3n) is 4.52. The van der Waals surface area contributed by atoms with Crippen molar-refractivity contribution in [1.29, 1.82) is 0 Å². The second-order valence-corrected chi connectivity index (χ2v) is 8.73. The van der Waals surface area contributed by atoms with Crippen molar-refractivity contribution in [2.24, 2.45) is 0 Å². The summed E-state index contributed by atoms with van der Waals surface area (Å²) in [6.45, 7) is 6.67. The van der Waals surface area contributed by atoms with Crippen LogP contribution in [0.2, 0.25) is 0 Å². The van der Waals surface area contributed by atoms with Gasteiger partial charge in [0.2, 0.25) is 0 Å². The van der Waals surface area contributed by atoms with Gasteiger partial charge in [-0.1, -0.05) is 18.2 Å². The molecule has 0 spiro atoms. The summed E-state index contributed by atoms with van der Waals surface area (Å²) in [4.78, 5) is 18.0. The van der Waals surface area contributed by atoms with Crippen molar-refractivity contribution in [2.45, 2.75) is 32.9 Å². The van der Waals surface area contributed by atoms with Crippen LogP contribution in [-0.2, 0) is 11.3 Å². The number of carbonyl (C=O) groups is 1. The first kappa shape index (κ1) is 23.4. The minimum atomic E-state index is -0.569. The van der Waals surface area contributed by atoms with Gasteiger partial charge in [0.25, 0.3) is 0 Å². The number of hydrogen-bond donors (Lipinski definition) is 2. The van der Waals surface area contributed by atoms with Gasteiger partial charge < -0.3 is 20.3 Å². The van der Waals surface area contributed by atoms with Crippen LogP contribution in [0.4, 0.5) is 14.9 Å². The van der Waals surface area contributed by atoms with Crippen LogP contribution < -0.4 is 10.6 Å². The predicted octanol–water partition coefficient (Wildman–Crippen LogP) is 5.10. The molecular weight excluding hydrogens is 427 g/mol. The standard InChI is InChI=1S/C24H27FN4O2S/c1-24(2,3)31-23(30)27-12-13-29(16-17-4-7-20(25)8-5-17)22(32)28-21-9-6-19-15-26-11-10-18(19)14-21/h4-11,14-15H,12-13,16H2,1-3H3,(H,27,30)(H,28,32). The monoisotopic (exact) mass is 454 g/mol. The number of nitrogens with zero attached hydrogens (tertiary/aromatic N) is 2. The van der Waals surface area contributed by atoms with Crippen LogP contribution in [0.25, 0.3) is 10.8 Å². The van der Waals surface area contributed by atoms with E-state index in [0.29, 0.717) is 24.7 Å². The average Bonchev–Trinajstić information content (AvgIpc) is 2.73. The molecule has 0 saturated carbocycles. The Labute approximate surface area is 192 Å². The van der Waals surface area contributed by atoms with Gasteiger partial charge in [-0.3, -0.25) is 4.98 Å². The molecule has 3 aromatic rings. The molecule has 2 aromatic carbocycles. The normalized spacial score (nSPS) is 11.1. The number of benzene rings is 2. The zero-order chi connectivity index (χ0) is 23.1. The summed E-state index contributed by atoms with van der Waals surface area (Å²) >= 11 is 5.66. The number of amides is 1. The molecule has 6 nitrogen and oxygen atoms in total. The molecule has 0 saturated heterocycles. The number of alkyl carbamates (subject to hydrolysis) is 1. The molecule has 0 fully saturated rings. The minimum Gasteiger partial charge on any atom is -0.444 e. The van der Waals surface area contributed by atoms with Crippen LogP contribution in [0.5, 0.6) is 0 Å². The number of thiocarbonyl (C=S) groups is 1. The second-order valence-electron chi connectivity index (χ2n) is 8.34. The fourth-order valence-electron chi connectivity index (χ4n) is 3.03. The van der Waals surface area contributed by atoms with Gasteiger partial charge >= 0.3 is 6.09 Å². The Kier molecular flexibility index (Phi) is 7.58. The molecule has 0 radical (unpaired) electrons. The molecule has 0 unspecified atom stereocenters. The summed E-state index contributed by atoms with van der Waals surface area (Å²) in [6.07, 6.45) is 3.06. The lowest BCUT2D eigenvalue weighted by atomic mass is 10.1. The predicted molar refractivity (Wildman–Crippen MR) is 129 cm³/mol. The van der Waals surface area contributed by atoms with Crippen molar-refractivity contribution < 1.29 is 13.9 Å². The van der Waals surface area contributed by atoms with Gasteiger partial charge in [-0.15, -0.1) is 0 Å². The maximum atomic E-state index is 13.3. The molecule has 0 aliphatic rings. The number of pyridine rings is 1. The summed E-state index contributed by atoms with van der Waals surface area (Å²) in [5.74, 6) is -0.293. The number of fused-ring (bicyclic) bond motifs is 1. The van der Waals surface area contributed by atoms with Crippen LogP contribution in [0.3, 0.4) is 0 Å². The van der Waals surface area contributed by atoms with Crippen molar-refractivity contribution in [3.63, 3.8) is 0 Å². The van der Waals surface area contributed by atoms with E-state index in [1.807, 2.05) is 49.9 Å². The third-order valence-corrected chi connectivity index (χ3v) is 4.88. The molecular formula is C24H27FN4O2S. The Hall–Kier alpha value is -3.26. The van der Waals surface area contributed by atoms with Crippen LogP contribution in [0.1, 0.15) is 26.3 Å². The van der Waals surface area contributed by atoms with E-state index in [-0.39, 0.29) is 5.82 Å². The minimum absolute atomic E-state index is 0.293. The number of rotatable bonds is 6. The van der Waals surface area contributed by atoms with Gasteiger partial charge in [-0.05, 0) is 74.3 Å². The molecule has 0 aliphatic heterocycles. The number of anilines is 1. The first-order valence-electron chi connectivity index (χ1n) is 10.3. The van der Waals surface area contributed by atoms with E-state index < -0.39 is 11.7 Å². The van der Waals surface area contributed by atoms with E-state index in [4.69, 9.17) is 17.0 Å². The SMILES string of the molecule is CC(C)(C)OC(=O)NCCN(Cc1ccc(F)cc1)C(=S)Nc1ccc2cnccc2c1. The molecule has 0 bridgehead atoms. The molecule has 1 amide bonds. The average molecular weight is 455 g/mol. The highest BCUT2D eigenvalue weighted by molar-refractivity contribution is 7.80. The number of aromatic nitrogens is 1. The third kappa shape index (κ3) is 7.16. The maximum Gasteiger partial charge on any atom is 0.407 e. The molecule has 3 rings (SSSR count). The lowest BCUT2D eigenvalue weighted by molar-refractivity contribution is 0.0525. The highest BCUT2D eigenvalue weighted by Gasteiger charge is 2.17. The Morgan fingerprint density at radius 1 is 1.12 bits per heavy atom. The summed E-state index contributed by atoms with van der Waals surface area (Å²) in [6, 6.07) is 14.1. The smallest absolute Gasteiger partial charge is 0.407 e. The zero-order valence-electron chi connectivity index (χ0n) is 18.4. The van der Waals surface area contributed by atoms with Crippen LogP contribution in [-0.4, -0.2) is 39.8 Å². The van der Waals surface area contributed by atoms with Gasteiger partial charge in [0.05, 0.1) is 0 Å². The quantitative estimate of drug-likeness (QED) is 0.506. The van der Waals surface area contributed by atoms with Crippen molar-refractivity contribution >= 4 is 39.9 Å². The highest BCUT2D eigenvalue weighted by atomic mass is 32.1. The lowest BCUT2D eigenvalue weighted by Gasteiger charge is -2.27. The largest absolute Gasteiger partial charge is 0.444 e. The van der Waals surface area contributed by atoms with Crippen molar-refractivity contribution in [3.8, 4) is 0 Å². The van der Waals surface area contributed by atoms with Crippen molar-refractivity contribution in [1.82, 2.24) is 15.2 Å². The fourth-order valence-corrected chi connectivity index (χ4v) is 3.31. The summed E-state index contributed by atoms with van der Waals surface area (Å²) in [5.41, 5.74) is 1.18. The topological polar surface area (TPSA) is 66.5 Å². The molecule has 168 valence electrons. The van der Waals surface area contributed by atoms with Crippen molar-refractivity contribution in [2.75, 3.05) is 18.4 Å². The number of halogens is 1. The van der Waals surface area contributed by atoms with E-state index in [1.165, 1.54) is 12.1 Å². The molecule has 0 aliphatic carbocycles. The number of nitrogens with one attached hydrogen (secondary N) is 2. The Bertz CT molecular complexity index is 1080. The molecule has 2 N–H and O–H groups in total. The van der Waals surface area contributed by atoms with Gasteiger partial charge in [0.1, 0.15) is 11.4 Å². The Balaban J connectivity index is 1.68. The maximum absolute atomic E-state index is 13.3. The van der Waals surface area contributed by atoms with Crippen LogP contribution in [0, 0.1) is 5.82 Å². The summed E-state index contributed by atoms with van der Waals surface area (Å²) in [7, 11) is 0. The van der Waals surface area contributed by atoms with Crippen LogP contribution >= 0.6 is 12.2 Å². The van der Waals surface area contributed by atoms with E-state index in [0.717, 1.165) is 22.0 Å².